The quantitative estimate of drug-likeness (QED) is 0.645. The molecule has 1 heterocycles. The van der Waals surface area contributed by atoms with Crippen LogP contribution in [0.25, 0.3) is 0 Å². The summed E-state index contributed by atoms with van der Waals surface area (Å²) in [6, 6.07) is 12.2. The van der Waals surface area contributed by atoms with Crippen LogP contribution in [0.2, 0.25) is 10.0 Å². The molecule has 0 saturated heterocycles. The van der Waals surface area contributed by atoms with Crippen molar-refractivity contribution in [1.82, 2.24) is 10.3 Å². The molecule has 1 amide bonds. The van der Waals surface area contributed by atoms with E-state index in [0.717, 1.165) is 12.1 Å². The molecule has 28 heavy (non-hydrogen) atoms. The van der Waals surface area contributed by atoms with Crippen LogP contribution in [0.1, 0.15) is 33.2 Å². The highest BCUT2D eigenvalue weighted by Crippen LogP contribution is 2.24. The summed E-state index contributed by atoms with van der Waals surface area (Å²) in [5.74, 6) is -2.96. The second kappa shape index (κ2) is 8.34. The number of aromatic nitrogens is 1. The number of nitriles is 1. The summed E-state index contributed by atoms with van der Waals surface area (Å²) in [5.41, 5.74) is 0.115. The van der Waals surface area contributed by atoms with E-state index in [1.165, 1.54) is 12.3 Å². The van der Waals surface area contributed by atoms with Gasteiger partial charge in [0.15, 0.2) is 0 Å². The van der Waals surface area contributed by atoms with Gasteiger partial charge in [-0.05, 0) is 42.0 Å². The Labute approximate surface area is 169 Å². The lowest BCUT2D eigenvalue weighted by Gasteiger charge is -2.19. The van der Waals surface area contributed by atoms with E-state index >= 15 is 0 Å². The fraction of sp³-hybridized carbons (Fsp3) is 0.0500. The van der Waals surface area contributed by atoms with Gasteiger partial charge in [0, 0.05) is 16.8 Å². The van der Waals surface area contributed by atoms with Gasteiger partial charge in [0.25, 0.3) is 5.91 Å². The minimum atomic E-state index is -1.11. The van der Waals surface area contributed by atoms with Gasteiger partial charge in [0.1, 0.15) is 23.3 Å². The van der Waals surface area contributed by atoms with Gasteiger partial charge in [-0.15, -0.1) is 0 Å². The molecule has 2 aromatic carbocycles. The maximum absolute atomic E-state index is 13.9. The Morgan fingerprint density at radius 1 is 1.04 bits per heavy atom. The third-order valence-corrected chi connectivity index (χ3v) is 4.42. The molecule has 1 unspecified atom stereocenters. The lowest BCUT2D eigenvalue weighted by Crippen LogP contribution is -2.30. The summed E-state index contributed by atoms with van der Waals surface area (Å²) in [7, 11) is 0. The molecule has 140 valence electrons. The lowest BCUT2D eigenvalue weighted by atomic mass is 10.0. The minimum Gasteiger partial charge on any atom is -0.340 e. The van der Waals surface area contributed by atoms with E-state index in [1.54, 1.807) is 36.4 Å². The van der Waals surface area contributed by atoms with Gasteiger partial charge in [0.05, 0.1) is 16.8 Å². The van der Waals surface area contributed by atoms with Crippen molar-refractivity contribution in [3.05, 3.63) is 98.8 Å². The van der Waals surface area contributed by atoms with Gasteiger partial charge in [-0.25, -0.2) is 8.78 Å². The van der Waals surface area contributed by atoms with Crippen molar-refractivity contribution in [2.45, 2.75) is 6.04 Å². The maximum atomic E-state index is 13.9. The second-order valence-electron chi connectivity index (χ2n) is 5.79. The standard InChI is InChI=1S/C20H11Cl2F2N3O/c21-13-3-1-11(2-4-13)19(18-6-5-14(22)10-26-18)27-20(28)12-7-16(23)15(9-25)17(24)8-12/h1-8,10,19H,(H,27,28). The Balaban J connectivity index is 1.97. The fourth-order valence-electron chi connectivity index (χ4n) is 2.57. The first-order valence-electron chi connectivity index (χ1n) is 7.96. The first-order valence-corrected chi connectivity index (χ1v) is 8.71. The van der Waals surface area contributed by atoms with Crippen LogP contribution in [0.3, 0.4) is 0 Å². The number of benzene rings is 2. The smallest absolute Gasteiger partial charge is 0.252 e. The Hall–Kier alpha value is -3.01. The topological polar surface area (TPSA) is 65.8 Å². The summed E-state index contributed by atoms with van der Waals surface area (Å²) in [5, 5.41) is 12.4. The van der Waals surface area contributed by atoms with Crippen LogP contribution >= 0.6 is 23.2 Å². The predicted molar refractivity (Wildman–Crippen MR) is 101 cm³/mol. The van der Waals surface area contributed by atoms with Crippen molar-refractivity contribution in [3.63, 3.8) is 0 Å². The summed E-state index contributed by atoms with van der Waals surface area (Å²) >= 11 is 11.8. The number of pyridine rings is 1. The zero-order valence-electron chi connectivity index (χ0n) is 14.1. The van der Waals surface area contributed by atoms with Crippen LogP contribution in [0.4, 0.5) is 8.78 Å². The third-order valence-electron chi connectivity index (χ3n) is 3.94. The number of amides is 1. The van der Waals surface area contributed by atoms with E-state index in [-0.39, 0.29) is 5.56 Å². The van der Waals surface area contributed by atoms with Crippen molar-refractivity contribution in [3.8, 4) is 6.07 Å². The molecular weight excluding hydrogens is 407 g/mol. The number of carbonyl (C=O) groups is 1. The molecule has 0 aliphatic rings. The molecule has 0 aliphatic heterocycles. The molecule has 0 spiro atoms. The Kier molecular flexibility index (Phi) is 5.88. The summed E-state index contributed by atoms with van der Waals surface area (Å²) in [4.78, 5) is 16.8. The number of rotatable bonds is 4. The normalized spacial score (nSPS) is 11.5. The van der Waals surface area contributed by atoms with E-state index in [2.05, 4.69) is 10.3 Å². The van der Waals surface area contributed by atoms with E-state index in [0.29, 0.717) is 21.3 Å². The number of hydrogen-bond donors (Lipinski definition) is 1. The molecule has 3 aromatic rings. The first-order chi connectivity index (χ1) is 13.4. The minimum absolute atomic E-state index is 0.262. The fourth-order valence-corrected chi connectivity index (χ4v) is 2.80. The average Bonchev–Trinajstić information content (AvgIpc) is 2.67. The molecule has 0 fully saturated rings. The van der Waals surface area contributed by atoms with Crippen LogP contribution in [0, 0.1) is 23.0 Å². The first kappa shape index (κ1) is 19.7. The zero-order valence-corrected chi connectivity index (χ0v) is 15.6. The van der Waals surface area contributed by atoms with Crippen molar-refractivity contribution in [2.24, 2.45) is 0 Å². The van der Waals surface area contributed by atoms with Crippen molar-refractivity contribution in [1.29, 1.82) is 5.26 Å². The van der Waals surface area contributed by atoms with Gasteiger partial charge in [-0.1, -0.05) is 35.3 Å². The van der Waals surface area contributed by atoms with Crippen molar-refractivity contribution >= 4 is 29.1 Å². The van der Waals surface area contributed by atoms with Crippen LogP contribution in [0.5, 0.6) is 0 Å². The average molecular weight is 418 g/mol. The molecule has 4 nitrogen and oxygen atoms in total. The molecule has 3 rings (SSSR count). The van der Waals surface area contributed by atoms with E-state index < -0.39 is 29.1 Å². The van der Waals surface area contributed by atoms with Crippen LogP contribution in [-0.4, -0.2) is 10.9 Å². The maximum Gasteiger partial charge on any atom is 0.252 e. The van der Waals surface area contributed by atoms with Crippen LogP contribution < -0.4 is 5.32 Å². The molecule has 0 radical (unpaired) electrons. The molecule has 0 bridgehead atoms. The molecule has 0 aliphatic carbocycles. The molecule has 1 aromatic heterocycles. The highest BCUT2D eigenvalue weighted by molar-refractivity contribution is 6.30. The van der Waals surface area contributed by atoms with Gasteiger partial charge in [-0.3, -0.25) is 9.78 Å². The van der Waals surface area contributed by atoms with E-state index in [4.69, 9.17) is 28.5 Å². The molecular formula is C20H11Cl2F2N3O. The highest BCUT2D eigenvalue weighted by Gasteiger charge is 2.21. The zero-order chi connectivity index (χ0) is 20.3. The van der Waals surface area contributed by atoms with Crippen molar-refractivity contribution in [2.75, 3.05) is 0 Å². The van der Waals surface area contributed by atoms with Gasteiger partial charge in [0.2, 0.25) is 0 Å². The number of hydrogen-bond acceptors (Lipinski definition) is 3. The molecule has 1 atom stereocenters. The van der Waals surface area contributed by atoms with Gasteiger partial charge in [-0.2, -0.15) is 5.26 Å². The predicted octanol–water partition coefficient (Wildman–Crippen LogP) is 5.06. The molecule has 8 heteroatoms. The number of carbonyl (C=O) groups excluding carboxylic acids is 1. The van der Waals surface area contributed by atoms with Crippen LogP contribution in [0.15, 0.2) is 54.7 Å². The molecule has 1 N–H and O–H groups in total. The summed E-state index contributed by atoms with van der Waals surface area (Å²) in [6.07, 6.45) is 1.42. The Morgan fingerprint density at radius 2 is 1.64 bits per heavy atom. The monoisotopic (exact) mass is 417 g/mol. The Morgan fingerprint density at radius 3 is 2.18 bits per heavy atom. The Bertz CT molecular complexity index is 996. The van der Waals surface area contributed by atoms with Crippen LogP contribution in [-0.2, 0) is 0 Å². The van der Waals surface area contributed by atoms with E-state index in [9.17, 15) is 13.6 Å². The highest BCUT2D eigenvalue weighted by atomic mass is 35.5. The van der Waals surface area contributed by atoms with Crippen molar-refractivity contribution < 1.29 is 13.6 Å². The SMILES string of the molecule is N#Cc1c(F)cc(C(=O)NC(c2ccc(Cl)cc2)c2ccc(Cl)cn2)cc1F. The van der Waals surface area contributed by atoms with Gasteiger partial charge < -0.3 is 5.32 Å². The molecule has 0 saturated carbocycles. The largest absolute Gasteiger partial charge is 0.340 e. The van der Waals surface area contributed by atoms with E-state index in [1.807, 2.05) is 0 Å². The van der Waals surface area contributed by atoms with Gasteiger partial charge >= 0.3 is 0 Å². The second-order valence-corrected chi connectivity index (χ2v) is 6.66. The number of nitrogens with one attached hydrogen (secondary N) is 1. The summed E-state index contributed by atoms with van der Waals surface area (Å²) in [6.45, 7) is 0. The number of halogens is 4. The number of nitrogens with zero attached hydrogens (tertiary/aromatic N) is 2. The lowest BCUT2D eigenvalue weighted by molar-refractivity contribution is 0.0941. The third kappa shape index (κ3) is 4.28. The summed E-state index contributed by atoms with van der Waals surface area (Å²) < 4.78 is 27.7.